The zero-order chi connectivity index (χ0) is 21.6. The zero-order valence-electron chi connectivity index (χ0n) is 16.8. The molecule has 2 N–H and O–H groups in total. The first-order valence-electron chi connectivity index (χ1n) is 9.39. The van der Waals surface area contributed by atoms with Gasteiger partial charge in [0.05, 0.1) is 23.3 Å². The third-order valence-electron chi connectivity index (χ3n) is 4.72. The molecule has 2 rings (SSSR count). The summed E-state index contributed by atoms with van der Waals surface area (Å²) in [5.41, 5.74) is 1.64. The third kappa shape index (κ3) is 6.40. The molecule has 0 bridgehead atoms. The fourth-order valence-corrected chi connectivity index (χ4v) is 3.39. The van der Waals surface area contributed by atoms with Crippen molar-refractivity contribution in [2.24, 2.45) is 5.92 Å². The van der Waals surface area contributed by atoms with E-state index in [-0.39, 0.29) is 23.7 Å². The van der Waals surface area contributed by atoms with Gasteiger partial charge in [-0.05, 0) is 35.4 Å². The van der Waals surface area contributed by atoms with Crippen molar-refractivity contribution in [2.45, 2.75) is 32.3 Å². The van der Waals surface area contributed by atoms with E-state index < -0.39 is 12.7 Å². The Hall–Kier alpha value is -1.17. The molecule has 29 heavy (non-hydrogen) atoms. The average Bonchev–Trinajstić information content (AvgIpc) is 2.71. The molecule has 0 spiro atoms. The molecule has 0 radical (unpaired) electrons. The number of hydrogen-bond donors (Lipinski definition) is 2. The maximum Gasteiger partial charge on any atom is 0.156 e. The Morgan fingerprint density at radius 1 is 0.966 bits per heavy atom. The monoisotopic (exact) mass is 460 g/mol. The Kier molecular flexibility index (Phi) is 8.92. The number of rotatable bonds is 10. The van der Waals surface area contributed by atoms with E-state index in [4.69, 9.17) is 49.4 Å². The van der Waals surface area contributed by atoms with Crippen LogP contribution in [0, 0.1) is 5.92 Å². The van der Waals surface area contributed by atoms with Crippen LogP contribution >= 0.6 is 34.8 Å². The molecule has 4 nitrogen and oxygen atoms in total. The largest absolute Gasteiger partial charge is 0.493 e. The Morgan fingerprint density at radius 3 is 2.07 bits per heavy atom. The van der Waals surface area contributed by atoms with Crippen LogP contribution in [0.5, 0.6) is 11.5 Å². The van der Waals surface area contributed by atoms with Crippen LogP contribution in [-0.2, 0) is 5.41 Å². The Balaban J connectivity index is 2.19. The van der Waals surface area contributed by atoms with Gasteiger partial charge in [0.25, 0.3) is 0 Å². The summed E-state index contributed by atoms with van der Waals surface area (Å²) in [7, 11) is 0. The molecular weight excluding hydrogens is 435 g/mol. The second-order valence-corrected chi connectivity index (χ2v) is 8.76. The van der Waals surface area contributed by atoms with Crippen molar-refractivity contribution in [3.63, 3.8) is 0 Å². The van der Waals surface area contributed by atoms with E-state index in [0.717, 1.165) is 16.9 Å². The van der Waals surface area contributed by atoms with Crippen LogP contribution in [0.15, 0.2) is 36.4 Å². The lowest BCUT2D eigenvalue weighted by molar-refractivity contribution is 0.0536. The predicted molar refractivity (Wildman–Crippen MR) is 119 cm³/mol. The lowest BCUT2D eigenvalue weighted by Crippen LogP contribution is -2.22. The minimum atomic E-state index is -0.994. The van der Waals surface area contributed by atoms with Gasteiger partial charge in [-0.25, -0.2) is 0 Å². The van der Waals surface area contributed by atoms with Gasteiger partial charge in [-0.15, -0.1) is 11.6 Å². The molecule has 0 saturated carbocycles. The first kappa shape index (κ1) is 24.1. The molecule has 0 saturated heterocycles. The topological polar surface area (TPSA) is 58.9 Å². The van der Waals surface area contributed by atoms with Crippen molar-refractivity contribution >= 4 is 34.8 Å². The molecule has 7 heteroatoms. The van der Waals surface area contributed by atoms with Gasteiger partial charge in [-0.3, -0.25) is 0 Å². The minimum Gasteiger partial charge on any atom is -0.493 e. The van der Waals surface area contributed by atoms with Crippen LogP contribution in [-0.4, -0.2) is 42.0 Å². The Morgan fingerprint density at radius 2 is 1.55 bits per heavy atom. The number of aliphatic hydroxyl groups excluding tert-OH is 2. The number of halogens is 3. The van der Waals surface area contributed by atoms with Crippen LogP contribution in [0.4, 0.5) is 0 Å². The van der Waals surface area contributed by atoms with E-state index >= 15 is 0 Å². The lowest BCUT2D eigenvalue weighted by Gasteiger charge is -2.27. The van der Waals surface area contributed by atoms with E-state index in [2.05, 4.69) is 13.8 Å². The number of benzene rings is 2. The van der Waals surface area contributed by atoms with E-state index in [1.807, 2.05) is 31.2 Å². The van der Waals surface area contributed by atoms with Crippen LogP contribution in [0.1, 0.15) is 31.9 Å². The van der Waals surface area contributed by atoms with Gasteiger partial charge in [0.15, 0.2) is 5.75 Å². The summed E-state index contributed by atoms with van der Waals surface area (Å²) in [6.07, 6.45) is -0.994. The second-order valence-electron chi connectivity index (χ2n) is 7.64. The van der Waals surface area contributed by atoms with Gasteiger partial charge < -0.3 is 19.7 Å². The van der Waals surface area contributed by atoms with E-state index in [1.54, 1.807) is 12.1 Å². The Labute approximate surface area is 187 Å². The van der Waals surface area contributed by atoms with Crippen LogP contribution < -0.4 is 9.47 Å². The SMILES string of the molecule is C[C@H](CCl)COc1ccc(C(C)(C)c2cc(Cl)c(OC[C@@H](O)CO)c(Cl)c2)cc1. The molecule has 0 aliphatic rings. The molecule has 0 aromatic heterocycles. The number of hydrogen-bond acceptors (Lipinski definition) is 4. The van der Waals surface area contributed by atoms with Crippen LogP contribution in [0.25, 0.3) is 0 Å². The lowest BCUT2D eigenvalue weighted by atomic mass is 9.78. The van der Waals surface area contributed by atoms with Gasteiger partial charge in [0, 0.05) is 17.2 Å². The summed E-state index contributed by atoms with van der Waals surface area (Å²) in [5.74, 6) is 1.93. The summed E-state index contributed by atoms with van der Waals surface area (Å²) in [6.45, 7) is 6.28. The molecule has 2 aromatic carbocycles. The highest BCUT2D eigenvalue weighted by molar-refractivity contribution is 6.37. The van der Waals surface area contributed by atoms with Crippen molar-refractivity contribution in [3.8, 4) is 11.5 Å². The van der Waals surface area contributed by atoms with Gasteiger partial charge in [0.1, 0.15) is 18.5 Å². The van der Waals surface area contributed by atoms with E-state index in [0.29, 0.717) is 22.5 Å². The molecule has 2 aromatic rings. The third-order valence-corrected chi connectivity index (χ3v) is 5.81. The quantitative estimate of drug-likeness (QED) is 0.471. The van der Waals surface area contributed by atoms with Gasteiger partial charge in [-0.1, -0.05) is 56.1 Å². The molecule has 0 aliphatic heterocycles. The normalized spacial score (nSPS) is 13.8. The first-order chi connectivity index (χ1) is 13.7. The summed E-state index contributed by atoms with van der Waals surface area (Å²) in [6, 6.07) is 11.5. The van der Waals surface area contributed by atoms with Crippen molar-refractivity contribution in [1.29, 1.82) is 0 Å². The molecule has 2 atom stereocenters. The summed E-state index contributed by atoms with van der Waals surface area (Å²) >= 11 is 18.6. The highest BCUT2D eigenvalue weighted by atomic mass is 35.5. The van der Waals surface area contributed by atoms with Gasteiger partial charge in [0.2, 0.25) is 0 Å². The van der Waals surface area contributed by atoms with Crippen molar-refractivity contribution in [2.75, 3.05) is 25.7 Å². The maximum absolute atomic E-state index is 9.46. The van der Waals surface area contributed by atoms with Crippen molar-refractivity contribution in [1.82, 2.24) is 0 Å². The maximum atomic E-state index is 9.46. The number of aliphatic hydroxyl groups is 2. The van der Waals surface area contributed by atoms with Gasteiger partial charge >= 0.3 is 0 Å². The molecule has 0 heterocycles. The van der Waals surface area contributed by atoms with Crippen LogP contribution in [0.3, 0.4) is 0 Å². The summed E-state index contributed by atoms with van der Waals surface area (Å²) in [5, 5.41) is 19.1. The molecule has 160 valence electrons. The molecule has 0 unspecified atom stereocenters. The van der Waals surface area contributed by atoms with Crippen molar-refractivity contribution in [3.05, 3.63) is 57.6 Å². The zero-order valence-corrected chi connectivity index (χ0v) is 19.1. The summed E-state index contributed by atoms with van der Waals surface area (Å²) in [4.78, 5) is 0. The highest BCUT2D eigenvalue weighted by Gasteiger charge is 2.26. The highest BCUT2D eigenvalue weighted by Crippen LogP contribution is 2.40. The summed E-state index contributed by atoms with van der Waals surface area (Å²) < 4.78 is 11.2. The van der Waals surface area contributed by atoms with E-state index in [1.165, 1.54) is 0 Å². The molecule has 0 aliphatic carbocycles. The average molecular weight is 462 g/mol. The Bertz CT molecular complexity index is 770. The van der Waals surface area contributed by atoms with Crippen LogP contribution in [0.2, 0.25) is 10.0 Å². The molecular formula is C22H27Cl3O4. The smallest absolute Gasteiger partial charge is 0.156 e. The van der Waals surface area contributed by atoms with Crippen molar-refractivity contribution < 1.29 is 19.7 Å². The standard InChI is InChI=1S/C22H27Cl3O4/c1-14(10-23)12-28-18-6-4-15(5-7-18)22(2,3)16-8-19(24)21(20(25)9-16)29-13-17(27)11-26/h4-9,14,17,26-27H,10-13H2,1-3H3/t14-,17+/m1/s1. The predicted octanol–water partition coefficient (Wildman–Crippen LogP) is 5.31. The molecule has 0 fully saturated rings. The first-order valence-corrected chi connectivity index (χ1v) is 10.7. The number of ether oxygens (including phenoxy) is 2. The fraction of sp³-hybridized carbons (Fsp3) is 0.455. The van der Waals surface area contributed by atoms with E-state index in [9.17, 15) is 5.11 Å². The molecule has 0 amide bonds. The van der Waals surface area contributed by atoms with Gasteiger partial charge in [-0.2, -0.15) is 0 Å². The fourth-order valence-electron chi connectivity index (χ4n) is 2.71. The number of alkyl halides is 1. The second kappa shape index (κ2) is 10.7. The minimum absolute atomic E-state index is 0.0948.